The third kappa shape index (κ3) is 4.07. The number of hydrogen-bond acceptors (Lipinski definition) is 6. The first kappa shape index (κ1) is 17.6. The minimum Gasteiger partial charge on any atom is -0.381 e. The summed E-state index contributed by atoms with van der Waals surface area (Å²) in [5, 5.41) is 8.82. The molecular formula is C17H28N4O2S. The van der Waals surface area contributed by atoms with Crippen LogP contribution in [-0.2, 0) is 4.74 Å². The Kier molecular flexibility index (Phi) is 6.08. The first-order valence-corrected chi connectivity index (χ1v) is 9.85. The van der Waals surface area contributed by atoms with Crippen LogP contribution in [0, 0.1) is 5.92 Å². The van der Waals surface area contributed by atoms with Gasteiger partial charge in [0, 0.05) is 50.8 Å². The van der Waals surface area contributed by atoms with Crippen molar-refractivity contribution in [1.29, 1.82) is 0 Å². The van der Waals surface area contributed by atoms with E-state index in [-0.39, 0.29) is 11.9 Å². The summed E-state index contributed by atoms with van der Waals surface area (Å²) in [6, 6.07) is 0.829. The summed E-state index contributed by atoms with van der Waals surface area (Å²) in [4.78, 5) is 19.4. The van der Waals surface area contributed by atoms with E-state index in [4.69, 9.17) is 4.74 Å². The molecule has 2 N–H and O–H groups in total. The fraction of sp³-hybridized carbons (Fsp3) is 0.765. The van der Waals surface area contributed by atoms with Crippen LogP contribution in [0.15, 0.2) is 5.38 Å². The molecule has 1 aromatic heterocycles. The monoisotopic (exact) mass is 352 g/mol. The predicted molar refractivity (Wildman–Crippen MR) is 96.7 cm³/mol. The van der Waals surface area contributed by atoms with Gasteiger partial charge in [0.05, 0.1) is 0 Å². The Balaban J connectivity index is 1.62. The number of thiazole rings is 1. The van der Waals surface area contributed by atoms with Crippen molar-refractivity contribution >= 4 is 22.4 Å². The van der Waals surface area contributed by atoms with Crippen LogP contribution >= 0.6 is 11.3 Å². The van der Waals surface area contributed by atoms with Crippen molar-refractivity contribution in [1.82, 2.24) is 15.2 Å². The molecule has 0 unspecified atom stereocenters. The van der Waals surface area contributed by atoms with E-state index in [0.717, 1.165) is 57.1 Å². The maximum atomic E-state index is 12.5. The lowest BCUT2D eigenvalue weighted by Crippen LogP contribution is -2.42. The Morgan fingerprint density at radius 1 is 1.42 bits per heavy atom. The van der Waals surface area contributed by atoms with Gasteiger partial charge in [-0.05, 0) is 25.2 Å². The van der Waals surface area contributed by atoms with Gasteiger partial charge in [-0.1, -0.05) is 13.3 Å². The van der Waals surface area contributed by atoms with E-state index in [2.05, 4.69) is 27.4 Å². The fourth-order valence-corrected chi connectivity index (χ4v) is 4.47. The van der Waals surface area contributed by atoms with Gasteiger partial charge < -0.3 is 15.4 Å². The molecule has 3 rings (SSSR count). The Bertz CT molecular complexity index is 544. The van der Waals surface area contributed by atoms with E-state index >= 15 is 0 Å². The van der Waals surface area contributed by atoms with Gasteiger partial charge in [-0.15, -0.1) is 11.3 Å². The number of carbonyl (C=O) groups is 1. The summed E-state index contributed by atoms with van der Waals surface area (Å²) in [7, 11) is 1.82. The van der Waals surface area contributed by atoms with Crippen LogP contribution in [0.3, 0.4) is 0 Å². The number of amides is 1. The van der Waals surface area contributed by atoms with Crippen molar-refractivity contribution in [3.63, 3.8) is 0 Å². The molecule has 134 valence electrons. The molecule has 0 aromatic carbocycles. The lowest BCUT2D eigenvalue weighted by Gasteiger charge is -2.31. The molecule has 24 heavy (non-hydrogen) atoms. The van der Waals surface area contributed by atoms with Gasteiger partial charge in [0.25, 0.3) is 5.91 Å². The standard InChI is InChI=1S/C17H28N4O2S/c1-3-4-12-9-21(13-5-7-23-8-6-13)10-14(12)19-16(22)15-11-24-17(18-2)20-15/h11-14H,3-10H2,1-2H3,(H,18,20)(H,19,22)/t12-,14-/m0/s1. The van der Waals surface area contributed by atoms with Crippen molar-refractivity contribution in [3.8, 4) is 0 Å². The number of nitrogens with one attached hydrogen (secondary N) is 2. The number of carbonyl (C=O) groups excluding carboxylic acids is 1. The van der Waals surface area contributed by atoms with Gasteiger partial charge >= 0.3 is 0 Å². The Morgan fingerprint density at radius 3 is 2.88 bits per heavy atom. The predicted octanol–water partition coefficient (Wildman–Crippen LogP) is 2.19. The second-order valence-electron chi connectivity index (χ2n) is 6.71. The van der Waals surface area contributed by atoms with Crippen LogP contribution in [0.5, 0.6) is 0 Å². The summed E-state index contributed by atoms with van der Waals surface area (Å²) in [6.45, 7) is 5.98. The molecule has 2 saturated heterocycles. The van der Waals surface area contributed by atoms with Gasteiger partial charge in [0.1, 0.15) is 5.69 Å². The number of hydrogen-bond donors (Lipinski definition) is 2. The van der Waals surface area contributed by atoms with Crippen LogP contribution in [0.4, 0.5) is 5.13 Å². The number of nitrogens with zero attached hydrogens (tertiary/aromatic N) is 2. The third-order valence-corrected chi connectivity index (χ3v) is 5.96. The van der Waals surface area contributed by atoms with Crippen molar-refractivity contribution in [2.45, 2.75) is 44.7 Å². The van der Waals surface area contributed by atoms with Gasteiger partial charge in [-0.3, -0.25) is 9.69 Å². The van der Waals surface area contributed by atoms with Gasteiger partial charge in [-0.2, -0.15) is 0 Å². The molecule has 1 amide bonds. The quantitative estimate of drug-likeness (QED) is 0.822. The molecular weight excluding hydrogens is 324 g/mol. The zero-order valence-corrected chi connectivity index (χ0v) is 15.4. The topological polar surface area (TPSA) is 66.5 Å². The van der Waals surface area contributed by atoms with Gasteiger partial charge in [0.2, 0.25) is 0 Å². The number of ether oxygens (including phenoxy) is 1. The van der Waals surface area contributed by atoms with E-state index in [1.165, 1.54) is 11.3 Å². The minimum atomic E-state index is -0.0484. The maximum Gasteiger partial charge on any atom is 0.271 e. The summed E-state index contributed by atoms with van der Waals surface area (Å²) in [5.74, 6) is 0.483. The molecule has 2 aliphatic rings. The molecule has 0 spiro atoms. The highest BCUT2D eigenvalue weighted by molar-refractivity contribution is 7.13. The SMILES string of the molecule is CCC[C@H]1CN(C2CCOCC2)C[C@@H]1NC(=O)c1csc(NC)n1. The van der Waals surface area contributed by atoms with Crippen molar-refractivity contribution in [2.24, 2.45) is 5.92 Å². The zero-order chi connectivity index (χ0) is 16.9. The first-order chi connectivity index (χ1) is 11.7. The van der Waals surface area contributed by atoms with E-state index in [9.17, 15) is 4.79 Å². The van der Waals surface area contributed by atoms with Crippen molar-refractivity contribution in [3.05, 3.63) is 11.1 Å². The second-order valence-corrected chi connectivity index (χ2v) is 7.57. The van der Waals surface area contributed by atoms with E-state index in [1.54, 1.807) is 0 Å². The summed E-state index contributed by atoms with van der Waals surface area (Å²) >= 11 is 1.46. The summed E-state index contributed by atoms with van der Waals surface area (Å²) < 4.78 is 5.49. The molecule has 0 radical (unpaired) electrons. The lowest BCUT2D eigenvalue weighted by molar-refractivity contribution is 0.0405. The minimum absolute atomic E-state index is 0.0484. The van der Waals surface area contributed by atoms with Crippen LogP contribution in [-0.4, -0.2) is 61.2 Å². The van der Waals surface area contributed by atoms with Crippen LogP contribution in [0.2, 0.25) is 0 Å². The highest BCUT2D eigenvalue weighted by Crippen LogP contribution is 2.27. The van der Waals surface area contributed by atoms with Gasteiger partial charge in [-0.25, -0.2) is 4.98 Å². The molecule has 2 atom stereocenters. The Hall–Kier alpha value is -1.18. The van der Waals surface area contributed by atoms with Crippen LogP contribution < -0.4 is 10.6 Å². The normalized spacial score (nSPS) is 25.8. The zero-order valence-electron chi connectivity index (χ0n) is 14.6. The highest BCUT2D eigenvalue weighted by atomic mass is 32.1. The molecule has 6 nitrogen and oxygen atoms in total. The van der Waals surface area contributed by atoms with Crippen molar-refractivity contribution in [2.75, 3.05) is 38.7 Å². The van der Waals surface area contributed by atoms with Crippen LogP contribution in [0.1, 0.15) is 43.1 Å². The van der Waals surface area contributed by atoms with Crippen LogP contribution in [0.25, 0.3) is 0 Å². The smallest absolute Gasteiger partial charge is 0.271 e. The second kappa shape index (κ2) is 8.27. The summed E-state index contributed by atoms with van der Waals surface area (Å²) in [5.41, 5.74) is 0.518. The number of anilines is 1. The maximum absolute atomic E-state index is 12.5. The average Bonchev–Trinajstić information content (AvgIpc) is 3.23. The van der Waals surface area contributed by atoms with Gasteiger partial charge in [0.15, 0.2) is 5.13 Å². The van der Waals surface area contributed by atoms with Crippen molar-refractivity contribution < 1.29 is 9.53 Å². The molecule has 3 heterocycles. The molecule has 7 heteroatoms. The lowest BCUT2D eigenvalue weighted by atomic mass is 9.98. The highest BCUT2D eigenvalue weighted by Gasteiger charge is 2.37. The van der Waals surface area contributed by atoms with E-state index < -0.39 is 0 Å². The molecule has 0 aliphatic carbocycles. The number of rotatable bonds is 6. The van der Waals surface area contributed by atoms with E-state index in [1.807, 2.05) is 12.4 Å². The third-order valence-electron chi connectivity index (χ3n) is 5.10. The molecule has 1 aromatic rings. The molecule has 2 aliphatic heterocycles. The first-order valence-electron chi connectivity index (χ1n) is 8.97. The average molecular weight is 353 g/mol. The molecule has 2 fully saturated rings. The Labute approximate surface area is 148 Å². The molecule has 0 bridgehead atoms. The Morgan fingerprint density at radius 2 is 2.21 bits per heavy atom. The largest absolute Gasteiger partial charge is 0.381 e. The van der Waals surface area contributed by atoms with E-state index in [0.29, 0.717) is 17.7 Å². The summed E-state index contributed by atoms with van der Waals surface area (Å²) in [6.07, 6.45) is 4.52. The number of aromatic nitrogens is 1. The fourth-order valence-electron chi connectivity index (χ4n) is 3.82. The number of likely N-dealkylation sites (tertiary alicyclic amines) is 1. The molecule has 0 saturated carbocycles.